The van der Waals surface area contributed by atoms with Gasteiger partial charge in [0.1, 0.15) is 5.75 Å². The van der Waals surface area contributed by atoms with Crippen LogP contribution in [0.3, 0.4) is 0 Å². The Labute approximate surface area is 118 Å². The predicted molar refractivity (Wildman–Crippen MR) is 81.9 cm³/mol. The zero-order valence-corrected chi connectivity index (χ0v) is 13.0. The van der Waals surface area contributed by atoms with E-state index >= 15 is 0 Å². The number of ether oxygens (including phenoxy) is 1. The summed E-state index contributed by atoms with van der Waals surface area (Å²) in [4.78, 5) is 2.18. The molecule has 0 aliphatic heterocycles. The van der Waals surface area contributed by atoms with Crippen molar-refractivity contribution in [1.82, 2.24) is 10.2 Å². The van der Waals surface area contributed by atoms with Crippen LogP contribution in [-0.2, 0) is 0 Å². The van der Waals surface area contributed by atoms with Gasteiger partial charge in [-0.3, -0.25) is 0 Å². The van der Waals surface area contributed by atoms with Gasteiger partial charge < -0.3 is 15.0 Å². The minimum absolute atomic E-state index is 0.395. The summed E-state index contributed by atoms with van der Waals surface area (Å²) < 4.78 is 5.83. The van der Waals surface area contributed by atoms with E-state index < -0.39 is 0 Å². The molecular weight excluding hydrogens is 236 g/mol. The SMILES string of the molecule is CCNC(C)c1ccc(OCCCN(C)C)c(C)c1. The van der Waals surface area contributed by atoms with Crippen LogP contribution in [0.4, 0.5) is 0 Å². The van der Waals surface area contributed by atoms with E-state index in [9.17, 15) is 0 Å². The van der Waals surface area contributed by atoms with Gasteiger partial charge in [0, 0.05) is 12.6 Å². The lowest BCUT2D eigenvalue weighted by molar-refractivity contribution is 0.280. The molecule has 0 amide bonds. The Kier molecular flexibility index (Phi) is 6.89. The number of hydrogen-bond donors (Lipinski definition) is 1. The van der Waals surface area contributed by atoms with Gasteiger partial charge in [-0.15, -0.1) is 0 Å². The fourth-order valence-corrected chi connectivity index (χ4v) is 2.09. The van der Waals surface area contributed by atoms with Crippen LogP contribution in [0.15, 0.2) is 18.2 Å². The highest BCUT2D eigenvalue weighted by Crippen LogP contribution is 2.22. The van der Waals surface area contributed by atoms with Gasteiger partial charge in [-0.05, 0) is 58.1 Å². The third kappa shape index (κ3) is 5.62. The molecule has 3 nitrogen and oxygen atoms in total. The molecule has 0 aliphatic rings. The average Bonchev–Trinajstić information content (AvgIpc) is 2.36. The van der Waals surface area contributed by atoms with Gasteiger partial charge in [-0.2, -0.15) is 0 Å². The lowest BCUT2D eigenvalue weighted by Gasteiger charge is -2.16. The quantitative estimate of drug-likeness (QED) is 0.731. The van der Waals surface area contributed by atoms with E-state index in [1.54, 1.807) is 0 Å². The number of benzene rings is 1. The molecule has 1 N–H and O–H groups in total. The highest BCUT2D eigenvalue weighted by Gasteiger charge is 2.06. The second kappa shape index (κ2) is 8.18. The molecule has 0 saturated heterocycles. The van der Waals surface area contributed by atoms with Crippen LogP contribution in [-0.4, -0.2) is 38.7 Å². The molecule has 0 bridgehead atoms. The van der Waals surface area contributed by atoms with Crippen LogP contribution < -0.4 is 10.1 Å². The maximum absolute atomic E-state index is 5.83. The second-order valence-corrected chi connectivity index (χ2v) is 5.31. The lowest BCUT2D eigenvalue weighted by Crippen LogP contribution is -2.18. The maximum atomic E-state index is 5.83. The van der Waals surface area contributed by atoms with Gasteiger partial charge in [0.15, 0.2) is 0 Å². The van der Waals surface area contributed by atoms with Gasteiger partial charge in [0.25, 0.3) is 0 Å². The number of nitrogens with zero attached hydrogens (tertiary/aromatic N) is 1. The Morgan fingerprint density at radius 2 is 2.05 bits per heavy atom. The molecule has 0 spiro atoms. The summed E-state index contributed by atoms with van der Waals surface area (Å²) in [6.07, 6.45) is 1.06. The molecule has 1 aromatic rings. The van der Waals surface area contributed by atoms with Crippen LogP contribution in [0.2, 0.25) is 0 Å². The van der Waals surface area contributed by atoms with Gasteiger partial charge in [-0.25, -0.2) is 0 Å². The van der Waals surface area contributed by atoms with Crippen molar-refractivity contribution in [3.63, 3.8) is 0 Å². The molecule has 0 radical (unpaired) electrons. The van der Waals surface area contributed by atoms with Crippen molar-refractivity contribution in [1.29, 1.82) is 0 Å². The van der Waals surface area contributed by atoms with Crippen LogP contribution in [0, 0.1) is 6.92 Å². The second-order valence-electron chi connectivity index (χ2n) is 5.31. The van der Waals surface area contributed by atoms with Gasteiger partial charge in [-0.1, -0.05) is 19.1 Å². The third-order valence-corrected chi connectivity index (χ3v) is 3.22. The smallest absolute Gasteiger partial charge is 0.122 e. The predicted octanol–water partition coefficient (Wildman–Crippen LogP) is 3.00. The van der Waals surface area contributed by atoms with E-state index in [4.69, 9.17) is 4.74 Å². The standard InChI is InChI=1S/C16H28N2O/c1-6-17-14(3)15-8-9-16(13(2)12-15)19-11-7-10-18(4)5/h8-9,12,14,17H,6-7,10-11H2,1-5H3. The molecule has 108 valence electrons. The van der Waals surface area contributed by atoms with Crippen LogP contribution >= 0.6 is 0 Å². The monoisotopic (exact) mass is 264 g/mol. The minimum atomic E-state index is 0.395. The lowest BCUT2D eigenvalue weighted by atomic mass is 10.1. The Morgan fingerprint density at radius 3 is 2.63 bits per heavy atom. The van der Waals surface area contributed by atoms with Gasteiger partial charge in [0.2, 0.25) is 0 Å². The first kappa shape index (κ1) is 16.0. The first-order valence-corrected chi connectivity index (χ1v) is 7.16. The normalized spacial score (nSPS) is 12.7. The average molecular weight is 264 g/mol. The topological polar surface area (TPSA) is 24.5 Å². The molecule has 0 fully saturated rings. The molecule has 1 aromatic carbocycles. The van der Waals surface area contributed by atoms with Crippen molar-refractivity contribution in [3.05, 3.63) is 29.3 Å². The molecule has 19 heavy (non-hydrogen) atoms. The number of aryl methyl sites for hydroxylation is 1. The van der Waals surface area contributed by atoms with E-state index in [-0.39, 0.29) is 0 Å². The van der Waals surface area contributed by atoms with Crippen molar-refractivity contribution in [2.75, 3.05) is 33.8 Å². The number of hydrogen-bond acceptors (Lipinski definition) is 3. The van der Waals surface area contributed by atoms with Crippen LogP contribution in [0.5, 0.6) is 5.75 Å². The molecule has 3 heteroatoms. The molecule has 0 aromatic heterocycles. The van der Waals surface area contributed by atoms with Gasteiger partial charge in [0.05, 0.1) is 6.61 Å². The zero-order valence-electron chi connectivity index (χ0n) is 13.0. The summed E-state index contributed by atoms with van der Waals surface area (Å²) in [5.74, 6) is 1.01. The Balaban J connectivity index is 2.52. The zero-order chi connectivity index (χ0) is 14.3. The maximum Gasteiger partial charge on any atom is 0.122 e. The highest BCUT2D eigenvalue weighted by molar-refractivity contribution is 5.37. The van der Waals surface area contributed by atoms with Crippen molar-refractivity contribution >= 4 is 0 Å². The highest BCUT2D eigenvalue weighted by atomic mass is 16.5. The Hall–Kier alpha value is -1.06. The van der Waals surface area contributed by atoms with E-state index in [1.807, 2.05) is 0 Å². The third-order valence-electron chi connectivity index (χ3n) is 3.22. The minimum Gasteiger partial charge on any atom is -0.493 e. The molecule has 1 rings (SSSR count). The van der Waals surface area contributed by atoms with Crippen molar-refractivity contribution in [2.24, 2.45) is 0 Å². The largest absolute Gasteiger partial charge is 0.493 e. The molecule has 1 atom stereocenters. The Bertz CT molecular complexity index is 377. The fraction of sp³-hybridized carbons (Fsp3) is 0.625. The summed E-state index contributed by atoms with van der Waals surface area (Å²) in [7, 11) is 4.17. The van der Waals surface area contributed by atoms with E-state index in [2.05, 4.69) is 63.3 Å². The van der Waals surface area contributed by atoms with Crippen LogP contribution in [0.1, 0.15) is 37.4 Å². The van der Waals surface area contributed by atoms with Crippen molar-refractivity contribution in [2.45, 2.75) is 33.2 Å². The van der Waals surface area contributed by atoms with Crippen LogP contribution in [0.25, 0.3) is 0 Å². The first-order chi connectivity index (χ1) is 9.04. The van der Waals surface area contributed by atoms with E-state index in [0.717, 1.165) is 31.9 Å². The molecule has 0 heterocycles. The van der Waals surface area contributed by atoms with Gasteiger partial charge >= 0.3 is 0 Å². The molecular formula is C16H28N2O. The number of rotatable bonds is 8. The summed E-state index contributed by atoms with van der Waals surface area (Å²) in [6, 6.07) is 6.86. The summed E-state index contributed by atoms with van der Waals surface area (Å²) in [5, 5.41) is 3.43. The van der Waals surface area contributed by atoms with E-state index in [0.29, 0.717) is 6.04 Å². The van der Waals surface area contributed by atoms with E-state index in [1.165, 1.54) is 11.1 Å². The summed E-state index contributed by atoms with van der Waals surface area (Å²) in [5.41, 5.74) is 2.53. The summed E-state index contributed by atoms with van der Waals surface area (Å²) in [6.45, 7) is 9.27. The molecule has 0 saturated carbocycles. The number of nitrogens with one attached hydrogen (secondary N) is 1. The molecule has 1 unspecified atom stereocenters. The summed E-state index contributed by atoms with van der Waals surface area (Å²) >= 11 is 0. The first-order valence-electron chi connectivity index (χ1n) is 7.16. The van der Waals surface area contributed by atoms with Crippen molar-refractivity contribution < 1.29 is 4.74 Å². The van der Waals surface area contributed by atoms with Crippen molar-refractivity contribution in [3.8, 4) is 5.75 Å². The fourth-order valence-electron chi connectivity index (χ4n) is 2.09. The Morgan fingerprint density at radius 1 is 1.32 bits per heavy atom. The molecule has 0 aliphatic carbocycles.